The maximum Gasteiger partial charge on any atom is 0.430 e. The minimum Gasteiger partial charge on any atom is -0.395 e. The fourth-order valence-corrected chi connectivity index (χ4v) is 3.75. The third-order valence-corrected chi connectivity index (χ3v) is 5.89. The summed E-state index contributed by atoms with van der Waals surface area (Å²) >= 11 is 6.14. The van der Waals surface area contributed by atoms with Crippen LogP contribution < -0.4 is 11.1 Å². The molecule has 0 aliphatic heterocycles. The van der Waals surface area contributed by atoms with Gasteiger partial charge in [-0.2, -0.15) is 13.2 Å². The van der Waals surface area contributed by atoms with E-state index in [9.17, 15) is 22.8 Å². The second-order valence-electron chi connectivity index (χ2n) is 8.35. The van der Waals surface area contributed by atoms with Gasteiger partial charge >= 0.3 is 6.18 Å². The summed E-state index contributed by atoms with van der Waals surface area (Å²) in [6.45, 7) is 0. The van der Waals surface area contributed by atoms with Gasteiger partial charge in [-0.3, -0.25) is 9.59 Å². The molecule has 9 heteroatoms. The molecule has 0 aromatic heterocycles. The molecule has 0 spiro atoms. The van der Waals surface area contributed by atoms with Crippen molar-refractivity contribution >= 4 is 40.4 Å². The van der Waals surface area contributed by atoms with Crippen LogP contribution in [0.4, 0.5) is 24.5 Å². The van der Waals surface area contributed by atoms with E-state index in [-0.39, 0.29) is 33.3 Å². The van der Waals surface area contributed by atoms with E-state index in [4.69, 9.17) is 17.3 Å². The number of carbonyl (C=O) groups excluding carboxylic acids is 2. The molecule has 4 aromatic rings. The number of rotatable bonds is 7. The van der Waals surface area contributed by atoms with Crippen molar-refractivity contribution in [3.8, 4) is 0 Å². The minimum atomic E-state index is -4.75. The van der Waals surface area contributed by atoms with Crippen LogP contribution in [0.3, 0.4) is 0 Å². The predicted octanol–water partition coefficient (Wildman–Crippen LogP) is 7.35. The van der Waals surface area contributed by atoms with Crippen molar-refractivity contribution in [2.45, 2.75) is 6.18 Å². The van der Waals surface area contributed by atoms with Crippen LogP contribution in [0.2, 0.25) is 5.02 Å². The Balaban J connectivity index is 1.58. The summed E-state index contributed by atoms with van der Waals surface area (Å²) in [5.41, 5.74) is 5.95. The summed E-state index contributed by atoms with van der Waals surface area (Å²) in [7, 11) is 0. The molecule has 0 aliphatic carbocycles. The number of ketones is 1. The zero-order valence-corrected chi connectivity index (χ0v) is 21.0. The minimum absolute atomic E-state index is 0.0861. The monoisotopic (exact) mass is 547 g/mol. The summed E-state index contributed by atoms with van der Waals surface area (Å²) < 4.78 is 39.4. The molecule has 5 nitrogen and oxygen atoms in total. The Hall–Kier alpha value is -4.69. The average molecular weight is 548 g/mol. The molecule has 1 amide bonds. The van der Waals surface area contributed by atoms with Crippen molar-refractivity contribution < 1.29 is 22.8 Å². The van der Waals surface area contributed by atoms with Crippen molar-refractivity contribution in [2.75, 3.05) is 5.32 Å². The Kier molecular flexibility index (Phi) is 8.27. The molecular formula is C30H21ClF3N3O2. The topological polar surface area (TPSA) is 84.5 Å². The number of benzene rings is 4. The summed E-state index contributed by atoms with van der Waals surface area (Å²) in [6.07, 6.45) is -4.04. The van der Waals surface area contributed by atoms with Crippen LogP contribution in [-0.2, 0) is 0 Å². The molecule has 0 bridgehead atoms. The third kappa shape index (κ3) is 7.00. The first-order valence-electron chi connectivity index (χ1n) is 11.6. The molecule has 0 saturated carbocycles. The number of para-hydroxylation sites is 1. The maximum atomic E-state index is 13.1. The highest BCUT2D eigenvalue weighted by molar-refractivity contribution is 6.33. The number of allylic oxidation sites excluding steroid dienone is 2. The highest BCUT2D eigenvalue weighted by Gasteiger charge is 2.31. The molecule has 0 radical (unpaired) electrons. The number of hydrogen-bond donors (Lipinski definition) is 2. The summed E-state index contributed by atoms with van der Waals surface area (Å²) in [6, 6.07) is 27.5. The molecule has 3 N–H and O–H groups in total. The van der Waals surface area contributed by atoms with Crippen LogP contribution in [0.1, 0.15) is 31.8 Å². The van der Waals surface area contributed by atoms with E-state index in [1.54, 1.807) is 72.8 Å². The first-order valence-corrected chi connectivity index (χ1v) is 12.0. The van der Waals surface area contributed by atoms with Gasteiger partial charge in [-0.1, -0.05) is 78.3 Å². The molecule has 0 fully saturated rings. The smallest absolute Gasteiger partial charge is 0.395 e. The van der Waals surface area contributed by atoms with E-state index in [0.717, 1.165) is 0 Å². The van der Waals surface area contributed by atoms with Crippen LogP contribution in [0.25, 0.3) is 0 Å². The second kappa shape index (κ2) is 11.8. The Morgan fingerprint density at radius 1 is 0.769 bits per heavy atom. The molecule has 4 aromatic carbocycles. The van der Waals surface area contributed by atoms with E-state index < -0.39 is 17.8 Å². The number of anilines is 1. The van der Waals surface area contributed by atoms with Crippen molar-refractivity contribution in [1.29, 1.82) is 0 Å². The number of aliphatic imine (C=N–C) groups is 1. The lowest BCUT2D eigenvalue weighted by Gasteiger charge is -2.10. The molecule has 0 saturated heterocycles. The van der Waals surface area contributed by atoms with Crippen molar-refractivity contribution in [1.82, 2.24) is 0 Å². The number of alkyl halides is 3. The highest BCUT2D eigenvalue weighted by Crippen LogP contribution is 2.27. The van der Waals surface area contributed by atoms with Gasteiger partial charge in [-0.05, 0) is 42.5 Å². The van der Waals surface area contributed by atoms with Gasteiger partial charge in [0.1, 0.15) is 5.70 Å². The lowest BCUT2D eigenvalue weighted by Crippen LogP contribution is -2.21. The van der Waals surface area contributed by atoms with Gasteiger partial charge in [-0.25, -0.2) is 4.99 Å². The van der Waals surface area contributed by atoms with Gasteiger partial charge in [0, 0.05) is 27.9 Å². The Morgan fingerprint density at radius 2 is 1.38 bits per heavy atom. The molecule has 0 unspecified atom stereocenters. The maximum absolute atomic E-state index is 13.1. The number of nitrogens with two attached hydrogens (primary N) is 1. The van der Waals surface area contributed by atoms with E-state index in [2.05, 4.69) is 10.3 Å². The molecular weight excluding hydrogens is 527 g/mol. The molecule has 0 heterocycles. The first kappa shape index (κ1) is 27.3. The van der Waals surface area contributed by atoms with Crippen LogP contribution in [0, 0.1) is 0 Å². The number of nitrogens with zero attached hydrogens (tertiary/aromatic N) is 1. The van der Waals surface area contributed by atoms with Crippen molar-refractivity contribution in [2.24, 2.45) is 10.7 Å². The number of hydrogen-bond acceptors (Lipinski definition) is 4. The number of halogens is 4. The van der Waals surface area contributed by atoms with Crippen LogP contribution in [0.15, 0.2) is 120 Å². The van der Waals surface area contributed by atoms with Gasteiger partial charge in [-0.15, -0.1) is 0 Å². The largest absolute Gasteiger partial charge is 0.430 e. The summed E-state index contributed by atoms with van der Waals surface area (Å²) in [5, 5.41) is 2.98. The van der Waals surface area contributed by atoms with Gasteiger partial charge in [0.05, 0.1) is 16.4 Å². The Bertz CT molecular complexity index is 1560. The number of nitrogens with one attached hydrogen (secondary N) is 1. The van der Waals surface area contributed by atoms with Gasteiger partial charge in [0.25, 0.3) is 5.91 Å². The van der Waals surface area contributed by atoms with E-state index in [1.807, 2.05) is 6.07 Å². The normalized spacial score (nSPS) is 12.2. The number of amides is 1. The highest BCUT2D eigenvalue weighted by atomic mass is 35.5. The van der Waals surface area contributed by atoms with Gasteiger partial charge in [0.15, 0.2) is 5.78 Å². The van der Waals surface area contributed by atoms with E-state index in [1.165, 1.54) is 24.3 Å². The lowest BCUT2D eigenvalue weighted by molar-refractivity contribution is -0.0925. The third-order valence-electron chi connectivity index (χ3n) is 5.57. The Morgan fingerprint density at radius 3 is 2.05 bits per heavy atom. The fourth-order valence-electron chi connectivity index (χ4n) is 3.57. The second-order valence-corrected chi connectivity index (χ2v) is 8.76. The SMILES string of the molecule is NC(=CC(=Nc1ccccc1Cl)c1ccc(C(=O)Nc2cccc(C(=O)c3ccccc3)c2)cc1)C(F)(F)F. The predicted molar refractivity (Wildman–Crippen MR) is 147 cm³/mol. The molecule has 39 heavy (non-hydrogen) atoms. The fraction of sp³-hybridized carbons (Fsp3) is 0.0333. The molecule has 0 aliphatic rings. The van der Waals surface area contributed by atoms with E-state index >= 15 is 0 Å². The zero-order chi connectivity index (χ0) is 28.0. The first-order chi connectivity index (χ1) is 18.6. The zero-order valence-electron chi connectivity index (χ0n) is 20.2. The van der Waals surface area contributed by atoms with Crippen LogP contribution in [0.5, 0.6) is 0 Å². The van der Waals surface area contributed by atoms with Crippen LogP contribution in [-0.4, -0.2) is 23.6 Å². The molecule has 0 atom stereocenters. The van der Waals surface area contributed by atoms with E-state index in [0.29, 0.717) is 22.9 Å². The summed E-state index contributed by atoms with van der Waals surface area (Å²) in [5.74, 6) is -0.659. The quantitative estimate of drug-likeness (QED) is 0.187. The van der Waals surface area contributed by atoms with Crippen molar-refractivity contribution in [3.05, 3.63) is 142 Å². The van der Waals surface area contributed by atoms with Gasteiger partial charge in [0.2, 0.25) is 0 Å². The van der Waals surface area contributed by atoms with Crippen LogP contribution >= 0.6 is 11.6 Å². The average Bonchev–Trinajstić information content (AvgIpc) is 2.93. The lowest BCUT2D eigenvalue weighted by atomic mass is 10.0. The molecule has 4 rings (SSSR count). The standard InChI is InChI=1S/C30H21ClF3N3O2/c31-24-11-4-5-12-25(24)37-26(18-27(35)30(32,33)34)19-13-15-21(16-14-19)29(39)36-23-10-6-9-22(17-23)28(38)20-7-2-1-3-8-20/h1-18H,35H2,(H,36,39). The molecule has 196 valence electrons. The summed E-state index contributed by atoms with van der Waals surface area (Å²) in [4.78, 5) is 29.9. The number of carbonyl (C=O) groups is 2. The Labute approximate surface area is 227 Å². The van der Waals surface area contributed by atoms with Gasteiger partial charge < -0.3 is 11.1 Å². The van der Waals surface area contributed by atoms with Crippen molar-refractivity contribution in [3.63, 3.8) is 0 Å².